The molecule has 0 spiro atoms. The van der Waals surface area contributed by atoms with Crippen molar-refractivity contribution in [3.05, 3.63) is 30.1 Å². The molecule has 0 saturated heterocycles. The van der Waals surface area contributed by atoms with Gasteiger partial charge in [0, 0.05) is 12.7 Å². The van der Waals surface area contributed by atoms with E-state index in [1.165, 1.54) is 12.1 Å². The van der Waals surface area contributed by atoms with E-state index >= 15 is 0 Å². The summed E-state index contributed by atoms with van der Waals surface area (Å²) in [6.45, 7) is 2.08. The van der Waals surface area contributed by atoms with Crippen LogP contribution < -0.4 is 4.90 Å². The third-order valence-corrected chi connectivity index (χ3v) is 2.61. The topological polar surface area (TPSA) is 29.5 Å². The van der Waals surface area contributed by atoms with Crippen LogP contribution in [0, 0.1) is 5.82 Å². The van der Waals surface area contributed by atoms with E-state index in [-0.39, 0.29) is 18.2 Å². The number of nitrogens with zero attached hydrogens (tertiary/aromatic N) is 1. The number of halogens is 1. The van der Waals surface area contributed by atoms with Gasteiger partial charge in [0.05, 0.1) is 18.0 Å². The molecule has 3 nitrogen and oxygen atoms in total. The molecule has 17 heavy (non-hydrogen) atoms. The van der Waals surface area contributed by atoms with Gasteiger partial charge in [0.1, 0.15) is 5.82 Å². The molecule has 0 atom stereocenters. The van der Waals surface area contributed by atoms with Gasteiger partial charge in [-0.15, -0.1) is 0 Å². The van der Waals surface area contributed by atoms with Crippen LogP contribution >= 0.6 is 12.2 Å². The molecule has 0 unspecified atom stereocenters. The first-order valence-electron chi connectivity index (χ1n) is 5.22. The highest BCUT2D eigenvalue weighted by Gasteiger charge is 2.12. The van der Waals surface area contributed by atoms with Crippen molar-refractivity contribution in [3.8, 4) is 0 Å². The molecule has 1 aromatic carbocycles. The zero-order valence-electron chi connectivity index (χ0n) is 9.77. The Balaban J connectivity index is 2.63. The zero-order valence-corrected chi connectivity index (χ0v) is 10.6. The first-order chi connectivity index (χ1) is 8.04. The summed E-state index contributed by atoms with van der Waals surface area (Å²) in [5.41, 5.74) is 0.737. The van der Waals surface area contributed by atoms with Gasteiger partial charge in [0.15, 0.2) is 0 Å². The number of hydrogen-bond donors (Lipinski definition) is 0. The molecule has 1 rings (SSSR count). The average molecular weight is 255 g/mol. The Labute approximate surface area is 105 Å². The molecule has 0 fully saturated rings. The van der Waals surface area contributed by atoms with Crippen LogP contribution in [0.15, 0.2) is 24.3 Å². The van der Waals surface area contributed by atoms with Crippen molar-refractivity contribution in [2.45, 2.75) is 13.3 Å². The number of carbonyl (C=O) groups excluding carboxylic acids is 1. The minimum atomic E-state index is -0.355. The highest BCUT2D eigenvalue weighted by atomic mass is 32.1. The summed E-state index contributed by atoms with van der Waals surface area (Å²) in [7, 11) is 1.73. The maximum absolute atomic E-state index is 12.7. The van der Waals surface area contributed by atoms with E-state index in [0.29, 0.717) is 11.6 Å². The largest absolute Gasteiger partial charge is 0.466 e. The van der Waals surface area contributed by atoms with Crippen molar-refractivity contribution in [1.29, 1.82) is 0 Å². The van der Waals surface area contributed by atoms with Crippen molar-refractivity contribution in [1.82, 2.24) is 0 Å². The number of carbonyl (C=O) groups is 1. The van der Waals surface area contributed by atoms with Gasteiger partial charge in [-0.3, -0.25) is 4.79 Å². The predicted octanol–water partition coefficient (Wildman–Crippen LogP) is 2.54. The molecule has 0 aliphatic carbocycles. The Bertz CT molecular complexity index is 405. The number of rotatable bonds is 4. The summed E-state index contributed by atoms with van der Waals surface area (Å²) in [6, 6.07) is 5.90. The molecule has 5 heteroatoms. The minimum Gasteiger partial charge on any atom is -0.466 e. The summed E-state index contributed by atoms with van der Waals surface area (Å²) < 4.78 is 17.5. The summed E-state index contributed by atoms with van der Waals surface area (Å²) in [6.07, 6.45) is 0.0526. The normalized spacial score (nSPS) is 9.82. The highest BCUT2D eigenvalue weighted by Crippen LogP contribution is 2.14. The van der Waals surface area contributed by atoms with E-state index in [1.807, 2.05) is 0 Å². The summed E-state index contributed by atoms with van der Waals surface area (Å²) >= 11 is 5.11. The smallest absolute Gasteiger partial charge is 0.312 e. The van der Waals surface area contributed by atoms with Crippen molar-refractivity contribution < 1.29 is 13.9 Å². The summed E-state index contributed by atoms with van der Waals surface area (Å²) in [5.74, 6) is -0.662. The van der Waals surface area contributed by atoms with Gasteiger partial charge in [-0.05, 0) is 31.2 Å². The maximum atomic E-state index is 12.7. The molecule has 0 aromatic heterocycles. The number of esters is 1. The lowest BCUT2D eigenvalue weighted by Gasteiger charge is -2.19. The van der Waals surface area contributed by atoms with Crippen LogP contribution in [-0.4, -0.2) is 24.6 Å². The molecular weight excluding hydrogens is 241 g/mol. The fourth-order valence-corrected chi connectivity index (χ4v) is 1.49. The van der Waals surface area contributed by atoms with Crippen LogP contribution in [0.1, 0.15) is 13.3 Å². The van der Waals surface area contributed by atoms with E-state index in [1.54, 1.807) is 31.0 Å². The Morgan fingerprint density at radius 3 is 2.53 bits per heavy atom. The SMILES string of the molecule is CCOC(=O)CC(=S)N(C)c1ccc(F)cc1. The van der Waals surface area contributed by atoms with Crippen LogP contribution in [0.25, 0.3) is 0 Å². The predicted molar refractivity (Wildman–Crippen MR) is 68.7 cm³/mol. The maximum Gasteiger partial charge on any atom is 0.312 e. The number of benzene rings is 1. The molecule has 0 aliphatic rings. The molecule has 0 aliphatic heterocycles. The molecular formula is C12H14FNO2S. The van der Waals surface area contributed by atoms with E-state index < -0.39 is 0 Å². The van der Waals surface area contributed by atoms with Crippen LogP contribution in [-0.2, 0) is 9.53 Å². The highest BCUT2D eigenvalue weighted by molar-refractivity contribution is 7.80. The van der Waals surface area contributed by atoms with E-state index in [2.05, 4.69) is 0 Å². The van der Waals surface area contributed by atoms with Crippen LogP contribution in [0.5, 0.6) is 0 Å². The second-order valence-corrected chi connectivity index (χ2v) is 3.88. The lowest BCUT2D eigenvalue weighted by molar-refractivity contribution is -0.141. The lowest BCUT2D eigenvalue weighted by atomic mass is 10.2. The van der Waals surface area contributed by atoms with Gasteiger partial charge in [0.25, 0.3) is 0 Å². The number of hydrogen-bond acceptors (Lipinski definition) is 3. The molecule has 0 saturated carbocycles. The van der Waals surface area contributed by atoms with Crippen molar-refractivity contribution >= 4 is 28.9 Å². The molecule has 92 valence electrons. The van der Waals surface area contributed by atoms with E-state index in [9.17, 15) is 9.18 Å². The second-order valence-electron chi connectivity index (χ2n) is 3.41. The lowest BCUT2D eigenvalue weighted by Crippen LogP contribution is -2.27. The monoisotopic (exact) mass is 255 g/mol. The molecule has 0 bridgehead atoms. The fraction of sp³-hybridized carbons (Fsp3) is 0.333. The summed E-state index contributed by atoms with van der Waals surface area (Å²) in [5, 5.41) is 0. The number of thiocarbonyl (C=S) groups is 1. The minimum absolute atomic E-state index is 0.0526. The van der Waals surface area contributed by atoms with Gasteiger partial charge in [0.2, 0.25) is 0 Å². The third-order valence-electron chi connectivity index (χ3n) is 2.19. The van der Waals surface area contributed by atoms with Gasteiger partial charge < -0.3 is 9.64 Å². The second kappa shape index (κ2) is 6.30. The van der Waals surface area contributed by atoms with Gasteiger partial charge in [-0.25, -0.2) is 4.39 Å². The molecule has 0 radical (unpaired) electrons. The first kappa shape index (κ1) is 13.6. The fourth-order valence-electron chi connectivity index (χ4n) is 1.26. The van der Waals surface area contributed by atoms with Crippen molar-refractivity contribution in [3.63, 3.8) is 0 Å². The Kier molecular flexibility index (Phi) is 5.03. The zero-order chi connectivity index (χ0) is 12.8. The Morgan fingerprint density at radius 2 is 2.00 bits per heavy atom. The molecule has 1 aromatic rings. The van der Waals surface area contributed by atoms with Crippen LogP contribution in [0.4, 0.5) is 10.1 Å². The van der Waals surface area contributed by atoms with Gasteiger partial charge in [-0.1, -0.05) is 12.2 Å². The Morgan fingerprint density at radius 1 is 1.41 bits per heavy atom. The third kappa shape index (κ3) is 4.11. The molecule has 0 N–H and O–H groups in total. The summed E-state index contributed by atoms with van der Waals surface area (Å²) in [4.78, 5) is 13.3. The Hall–Kier alpha value is -1.49. The first-order valence-corrected chi connectivity index (χ1v) is 5.63. The van der Waals surface area contributed by atoms with E-state index in [4.69, 9.17) is 17.0 Å². The molecule has 0 heterocycles. The standard InChI is InChI=1S/C12H14FNO2S/c1-3-16-12(15)8-11(17)14(2)10-6-4-9(13)5-7-10/h4-7H,3,8H2,1-2H3. The van der Waals surface area contributed by atoms with Gasteiger partial charge >= 0.3 is 5.97 Å². The average Bonchev–Trinajstić information content (AvgIpc) is 2.29. The van der Waals surface area contributed by atoms with Crippen molar-refractivity contribution in [2.24, 2.45) is 0 Å². The van der Waals surface area contributed by atoms with Crippen molar-refractivity contribution in [2.75, 3.05) is 18.6 Å². The quantitative estimate of drug-likeness (QED) is 0.611. The number of anilines is 1. The van der Waals surface area contributed by atoms with Gasteiger partial charge in [-0.2, -0.15) is 0 Å². The van der Waals surface area contributed by atoms with Crippen LogP contribution in [0.2, 0.25) is 0 Å². The molecule has 0 amide bonds. The number of ether oxygens (including phenoxy) is 1. The van der Waals surface area contributed by atoms with E-state index in [0.717, 1.165) is 5.69 Å². The van der Waals surface area contributed by atoms with Crippen LogP contribution in [0.3, 0.4) is 0 Å².